The van der Waals surface area contributed by atoms with Gasteiger partial charge in [-0.3, -0.25) is 19.7 Å². The van der Waals surface area contributed by atoms with Gasteiger partial charge in [0.25, 0.3) is 0 Å². The highest BCUT2D eigenvalue weighted by molar-refractivity contribution is 5.95. The lowest BCUT2D eigenvalue weighted by Gasteiger charge is -2.35. The number of aromatic nitrogens is 3. The summed E-state index contributed by atoms with van der Waals surface area (Å²) in [6, 6.07) is 28.1. The second-order valence-electron chi connectivity index (χ2n) is 10.3. The quantitative estimate of drug-likeness (QED) is 0.290. The number of nitrogens with one attached hydrogen (secondary N) is 1. The van der Waals surface area contributed by atoms with Crippen molar-refractivity contribution in [1.82, 2.24) is 19.9 Å². The van der Waals surface area contributed by atoms with Crippen LogP contribution in [0, 0.1) is 0 Å². The van der Waals surface area contributed by atoms with E-state index in [2.05, 4.69) is 38.3 Å². The van der Waals surface area contributed by atoms with Gasteiger partial charge in [-0.25, -0.2) is 4.98 Å². The van der Waals surface area contributed by atoms with Crippen LogP contribution in [-0.2, 0) is 11.3 Å². The Labute approximate surface area is 234 Å². The lowest BCUT2D eigenvalue weighted by Crippen LogP contribution is -2.46. The lowest BCUT2D eigenvalue weighted by molar-refractivity contribution is -0.117. The van der Waals surface area contributed by atoms with Gasteiger partial charge >= 0.3 is 0 Å². The minimum Gasteiger partial charge on any atom is -0.353 e. The van der Waals surface area contributed by atoms with Gasteiger partial charge in [0, 0.05) is 50.8 Å². The zero-order chi connectivity index (χ0) is 27.3. The molecule has 1 aliphatic rings. The Kier molecular flexibility index (Phi) is 7.46. The standard InChI is InChI=1S/C33H32N6O/c1-24(26-7-3-2-4-8-26)33(40)36-29-12-9-27(10-13-29)28-11-14-30-31(20-28)37-32(22-35-30)39-18-16-38(17-19-39)23-25-6-5-15-34-21-25/h2-15,20-22,24H,16-19,23H2,1H3,(H,36,40). The Morgan fingerprint density at radius 3 is 2.38 bits per heavy atom. The number of fused-ring (bicyclic) bond motifs is 1. The number of carbonyl (C=O) groups excluding carboxylic acids is 1. The SMILES string of the molecule is CC(C(=O)Nc1ccc(-c2ccc3ncc(N4CCN(Cc5cccnc5)CC4)nc3c2)cc1)c1ccccc1. The zero-order valence-corrected chi connectivity index (χ0v) is 22.6. The molecule has 40 heavy (non-hydrogen) atoms. The predicted octanol–water partition coefficient (Wildman–Crippen LogP) is 5.76. The van der Waals surface area contributed by atoms with Gasteiger partial charge in [0.15, 0.2) is 0 Å². The van der Waals surface area contributed by atoms with E-state index in [1.165, 1.54) is 5.56 Å². The molecule has 5 aromatic rings. The van der Waals surface area contributed by atoms with E-state index in [1.807, 2.05) is 92.2 Å². The largest absolute Gasteiger partial charge is 0.353 e. The van der Waals surface area contributed by atoms with Gasteiger partial charge in [0.05, 0.1) is 23.1 Å². The first kappa shape index (κ1) is 25.6. The van der Waals surface area contributed by atoms with Gasteiger partial charge in [-0.15, -0.1) is 0 Å². The predicted molar refractivity (Wildman–Crippen MR) is 160 cm³/mol. The van der Waals surface area contributed by atoms with Gasteiger partial charge in [-0.1, -0.05) is 54.6 Å². The molecule has 7 heteroatoms. The number of carbonyl (C=O) groups is 1. The number of nitrogens with zero attached hydrogens (tertiary/aromatic N) is 5. The molecule has 0 aliphatic carbocycles. The number of piperazine rings is 1. The topological polar surface area (TPSA) is 74.2 Å². The van der Waals surface area contributed by atoms with E-state index in [9.17, 15) is 4.79 Å². The number of pyridine rings is 1. The van der Waals surface area contributed by atoms with Crippen LogP contribution in [0.1, 0.15) is 24.0 Å². The fraction of sp³-hybridized carbons (Fsp3) is 0.212. The molecular weight excluding hydrogens is 496 g/mol. The normalized spacial score (nSPS) is 14.7. The molecule has 1 N–H and O–H groups in total. The number of benzene rings is 3. The highest BCUT2D eigenvalue weighted by Crippen LogP contribution is 2.26. The third-order valence-corrected chi connectivity index (χ3v) is 7.53. The molecule has 1 amide bonds. The first-order chi connectivity index (χ1) is 19.6. The van der Waals surface area contributed by atoms with Crippen LogP contribution in [0.5, 0.6) is 0 Å². The van der Waals surface area contributed by atoms with Crippen molar-refractivity contribution < 1.29 is 4.79 Å². The summed E-state index contributed by atoms with van der Waals surface area (Å²) in [5, 5.41) is 3.04. The highest BCUT2D eigenvalue weighted by Gasteiger charge is 2.19. The van der Waals surface area contributed by atoms with E-state index in [1.54, 1.807) is 0 Å². The fourth-order valence-electron chi connectivity index (χ4n) is 5.11. The number of anilines is 2. The van der Waals surface area contributed by atoms with Crippen molar-refractivity contribution in [3.8, 4) is 11.1 Å². The van der Waals surface area contributed by atoms with Gasteiger partial charge < -0.3 is 10.2 Å². The third kappa shape index (κ3) is 5.84. The maximum atomic E-state index is 12.7. The monoisotopic (exact) mass is 528 g/mol. The van der Waals surface area contributed by atoms with Crippen LogP contribution in [0.15, 0.2) is 104 Å². The van der Waals surface area contributed by atoms with Gasteiger partial charge in [-0.2, -0.15) is 0 Å². The zero-order valence-electron chi connectivity index (χ0n) is 22.6. The minimum absolute atomic E-state index is 0.0228. The van der Waals surface area contributed by atoms with Crippen LogP contribution in [0.4, 0.5) is 11.5 Å². The van der Waals surface area contributed by atoms with E-state index < -0.39 is 0 Å². The molecule has 7 nitrogen and oxygen atoms in total. The van der Waals surface area contributed by atoms with Crippen LogP contribution < -0.4 is 10.2 Å². The minimum atomic E-state index is -0.224. The van der Waals surface area contributed by atoms with Crippen molar-refractivity contribution in [1.29, 1.82) is 0 Å². The molecule has 0 spiro atoms. The van der Waals surface area contributed by atoms with Crippen LogP contribution >= 0.6 is 0 Å². The summed E-state index contributed by atoms with van der Waals surface area (Å²) in [4.78, 5) is 31.4. The van der Waals surface area contributed by atoms with Crippen LogP contribution in [0.25, 0.3) is 22.2 Å². The number of rotatable bonds is 7. The van der Waals surface area contributed by atoms with E-state index in [-0.39, 0.29) is 11.8 Å². The maximum absolute atomic E-state index is 12.7. The summed E-state index contributed by atoms with van der Waals surface area (Å²) in [6.07, 6.45) is 5.63. The first-order valence-electron chi connectivity index (χ1n) is 13.7. The number of amides is 1. The van der Waals surface area contributed by atoms with Crippen molar-refractivity contribution in [3.05, 3.63) is 115 Å². The second kappa shape index (κ2) is 11.6. The summed E-state index contributed by atoms with van der Waals surface area (Å²) in [5.41, 5.74) is 6.90. The molecule has 6 rings (SSSR count). The van der Waals surface area contributed by atoms with Crippen LogP contribution in [0.3, 0.4) is 0 Å². The lowest BCUT2D eigenvalue weighted by atomic mass is 10.0. The summed E-state index contributed by atoms with van der Waals surface area (Å²) in [5.74, 6) is 0.667. The molecule has 1 saturated heterocycles. The molecule has 200 valence electrons. The van der Waals surface area contributed by atoms with Gasteiger partial charge in [-0.05, 0) is 59.5 Å². The third-order valence-electron chi connectivity index (χ3n) is 7.53. The molecule has 1 aliphatic heterocycles. The van der Waals surface area contributed by atoms with Crippen molar-refractivity contribution >= 4 is 28.4 Å². The number of hydrogen-bond donors (Lipinski definition) is 1. The van der Waals surface area contributed by atoms with Crippen molar-refractivity contribution in [2.24, 2.45) is 0 Å². The summed E-state index contributed by atoms with van der Waals surface area (Å²) >= 11 is 0. The molecule has 3 heterocycles. The average molecular weight is 529 g/mol. The van der Waals surface area contributed by atoms with Crippen molar-refractivity contribution in [2.75, 3.05) is 36.4 Å². The summed E-state index contributed by atoms with van der Waals surface area (Å²) in [7, 11) is 0. The van der Waals surface area contributed by atoms with Crippen molar-refractivity contribution in [2.45, 2.75) is 19.4 Å². The molecule has 0 saturated carbocycles. The van der Waals surface area contributed by atoms with E-state index >= 15 is 0 Å². The van der Waals surface area contributed by atoms with Gasteiger partial charge in [0.1, 0.15) is 5.82 Å². The van der Waals surface area contributed by atoms with Crippen molar-refractivity contribution in [3.63, 3.8) is 0 Å². The Balaban J connectivity index is 1.11. The fourth-order valence-corrected chi connectivity index (χ4v) is 5.11. The first-order valence-corrected chi connectivity index (χ1v) is 13.7. The molecule has 1 atom stereocenters. The van der Waals surface area contributed by atoms with E-state index in [4.69, 9.17) is 9.97 Å². The Morgan fingerprint density at radius 2 is 1.62 bits per heavy atom. The summed E-state index contributed by atoms with van der Waals surface area (Å²) in [6.45, 7) is 6.62. The smallest absolute Gasteiger partial charge is 0.231 e. The molecule has 3 aromatic carbocycles. The van der Waals surface area contributed by atoms with Crippen LogP contribution in [-0.4, -0.2) is 51.9 Å². The molecule has 0 bridgehead atoms. The molecule has 1 fully saturated rings. The average Bonchev–Trinajstić information content (AvgIpc) is 3.02. The Bertz CT molecular complexity index is 1580. The molecule has 0 radical (unpaired) electrons. The van der Waals surface area contributed by atoms with E-state index in [0.29, 0.717) is 0 Å². The highest BCUT2D eigenvalue weighted by atomic mass is 16.1. The van der Waals surface area contributed by atoms with Crippen LogP contribution in [0.2, 0.25) is 0 Å². The second-order valence-corrected chi connectivity index (χ2v) is 10.3. The maximum Gasteiger partial charge on any atom is 0.231 e. The summed E-state index contributed by atoms with van der Waals surface area (Å²) < 4.78 is 0. The van der Waals surface area contributed by atoms with E-state index in [0.717, 1.165) is 72.0 Å². The van der Waals surface area contributed by atoms with Gasteiger partial charge in [0.2, 0.25) is 5.91 Å². The molecule has 2 aromatic heterocycles. The molecular formula is C33H32N6O. The number of hydrogen-bond acceptors (Lipinski definition) is 6. The Morgan fingerprint density at radius 1 is 0.850 bits per heavy atom. The molecule has 1 unspecified atom stereocenters. The Hall–Kier alpha value is -4.62.